The van der Waals surface area contributed by atoms with E-state index in [1.54, 1.807) is 24.9 Å². The molecule has 2 aromatic heterocycles. The summed E-state index contributed by atoms with van der Waals surface area (Å²) in [5.41, 5.74) is 2.03. The van der Waals surface area contributed by atoms with Gasteiger partial charge in [0.1, 0.15) is 6.33 Å². The Labute approximate surface area is 149 Å². The Morgan fingerprint density at radius 2 is 2.15 bits per heavy atom. The first-order valence-electron chi connectivity index (χ1n) is 8.06. The van der Waals surface area contributed by atoms with Crippen molar-refractivity contribution in [2.75, 3.05) is 11.9 Å². The minimum absolute atomic E-state index is 0.409. The minimum atomic E-state index is -0.702. The van der Waals surface area contributed by atoms with Crippen molar-refractivity contribution in [1.82, 2.24) is 30.0 Å². The van der Waals surface area contributed by atoms with Crippen LogP contribution in [0, 0.1) is 6.92 Å². The molecule has 4 rings (SSSR count). The van der Waals surface area contributed by atoms with Crippen molar-refractivity contribution in [2.24, 2.45) is 0 Å². The van der Waals surface area contributed by atoms with Crippen molar-refractivity contribution in [3.8, 4) is 5.82 Å². The van der Waals surface area contributed by atoms with E-state index in [0.29, 0.717) is 18.3 Å². The molecule has 1 aromatic carbocycles. The van der Waals surface area contributed by atoms with Gasteiger partial charge in [0.25, 0.3) is 0 Å². The van der Waals surface area contributed by atoms with Gasteiger partial charge in [-0.3, -0.25) is 4.98 Å². The van der Waals surface area contributed by atoms with Crippen LogP contribution in [0.4, 0.5) is 16.4 Å². The van der Waals surface area contributed by atoms with Gasteiger partial charge < -0.3 is 15.4 Å². The third-order valence-electron chi connectivity index (χ3n) is 4.11. The molecule has 1 amide bonds. The highest BCUT2D eigenvalue weighted by Crippen LogP contribution is 2.31. The number of rotatable bonds is 4. The molecule has 3 heterocycles. The van der Waals surface area contributed by atoms with Crippen molar-refractivity contribution >= 4 is 17.7 Å². The number of nitrogens with one attached hydrogen (secondary N) is 2. The van der Waals surface area contributed by atoms with Gasteiger partial charge in [-0.2, -0.15) is 9.67 Å². The van der Waals surface area contributed by atoms with Crippen LogP contribution in [-0.2, 0) is 10.3 Å². The van der Waals surface area contributed by atoms with E-state index in [-0.39, 0.29) is 0 Å². The van der Waals surface area contributed by atoms with E-state index in [9.17, 15) is 4.79 Å². The minimum Gasteiger partial charge on any atom is -0.436 e. The summed E-state index contributed by atoms with van der Waals surface area (Å²) in [6, 6.07) is 5.90. The van der Waals surface area contributed by atoms with Gasteiger partial charge in [0.2, 0.25) is 5.95 Å². The monoisotopic (exact) mass is 351 g/mol. The molecule has 1 saturated heterocycles. The Hall–Kier alpha value is -3.49. The Balaban J connectivity index is 1.59. The number of carbonyl (C=O) groups is 1. The van der Waals surface area contributed by atoms with Crippen LogP contribution >= 0.6 is 0 Å². The van der Waals surface area contributed by atoms with Gasteiger partial charge in [-0.05, 0) is 37.1 Å². The lowest BCUT2D eigenvalue weighted by Crippen LogP contribution is -2.26. The highest BCUT2D eigenvalue weighted by atomic mass is 16.6. The van der Waals surface area contributed by atoms with E-state index >= 15 is 0 Å². The molecule has 0 radical (unpaired) electrons. The summed E-state index contributed by atoms with van der Waals surface area (Å²) in [7, 11) is 0. The lowest BCUT2D eigenvalue weighted by molar-refractivity contribution is 0.0704. The lowest BCUT2D eigenvalue weighted by Gasteiger charge is -2.22. The average molecular weight is 351 g/mol. The average Bonchev–Trinajstić information content (AvgIpc) is 3.22. The quantitative estimate of drug-likeness (QED) is 0.741. The van der Waals surface area contributed by atoms with Crippen LogP contribution in [-0.4, -0.2) is 37.4 Å². The summed E-state index contributed by atoms with van der Waals surface area (Å²) in [5.74, 6) is 1.01. The summed E-state index contributed by atoms with van der Waals surface area (Å²) < 4.78 is 6.97. The van der Waals surface area contributed by atoms with Crippen molar-refractivity contribution in [3.05, 3.63) is 54.2 Å². The summed E-state index contributed by atoms with van der Waals surface area (Å²) in [5, 5.41) is 10.2. The van der Waals surface area contributed by atoms with Crippen LogP contribution in [0.5, 0.6) is 0 Å². The maximum atomic E-state index is 11.4. The number of alkyl carbamates (subject to hydrolysis) is 1. The molecule has 2 N–H and O–H groups in total. The fourth-order valence-electron chi connectivity index (χ4n) is 2.81. The van der Waals surface area contributed by atoms with E-state index in [1.807, 2.05) is 32.0 Å². The van der Waals surface area contributed by atoms with Gasteiger partial charge in [-0.1, -0.05) is 6.07 Å². The molecule has 1 fully saturated rings. The molecule has 0 unspecified atom stereocenters. The Morgan fingerprint density at radius 1 is 1.27 bits per heavy atom. The normalized spacial score (nSPS) is 19.1. The van der Waals surface area contributed by atoms with Gasteiger partial charge in [-0.25, -0.2) is 9.78 Å². The zero-order chi connectivity index (χ0) is 18.1. The van der Waals surface area contributed by atoms with Crippen molar-refractivity contribution in [1.29, 1.82) is 0 Å². The second-order valence-corrected chi connectivity index (χ2v) is 6.26. The third-order valence-corrected chi connectivity index (χ3v) is 4.11. The first-order chi connectivity index (χ1) is 12.5. The number of aromatic nitrogens is 5. The first-order valence-corrected chi connectivity index (χ1v) is 8.06. The molecule has 0 bridgehead atoms. The molecule has 1 aliphatic heterocycles. The van der Waals surface area contributed by atoms with Crippen LogP contribution in [0.2, 0.25) is 0 Å². The molecule has 1 aliphatic rings. The summed E-state index contributed by atoms with van der Waals surface area (Å²) >= 11 is 0. The number of carbonyl (C=O) groups excluding carboxylic acids is 1. The number of hydrogen-bond donors (Lipinski definition) is 2. The van der Waals surface area contributed by atoms with Crippen LogP contribution in [0.25, 0.3) is 5.82 Å². The summed E-state index contributed by atoms with van der Waals surface area (Å²) in [6.07, 6.45) is 5.94. The Bertz CT molecular complexity index is 957. The largest absolute Gasteiger partial charge is 0.436 e. The number of anilines is 2. The van der Waals surface area contributed by atoms with Crippen LogP contribution in [0.3, 0.4) is 0 Å². The molecule has 0 spiro atoms. The lowest BCUT2D eigenvalue weighted by atomic mass is 9.94. The zero-order valence-corrected chi connectivity index (χ0v) is 14.3. The van der Waals surface area contributed by atoms with Crippen molar-refractivity contribution in [2.45, 2.75) is 19.4 Å². The van der Waals surface area contributed by atoms with Crippen molar-refractivity contribution in [3.63, 3.8) is 0 Å². The maximum Gasteiger partial charge on any atom is 0.408 e. The van der Waals surface area contributed by atoms with E-state index in [4.69, 9.17) is 4.74 Å². The highest BCUT2D eigenvalue weighted by Gasteiger charge is 2.37. The molecular formula is C17H17N7O2. The van der Waals surface area contributed by atoms with Gasteiger partial charge >= 0.3 is 6.09 Å². The van der Waals surface area contributed by atoms with E-state index in [0.717, 1.165) is 16.8 Å². The molecule has 3 aromatic rings. The fourth-order valence-corrected chi connectivity index (χ4v) is 2.81. The third kappa shape index (κ3) is 3.06. The maximum absolute atomic E-state index is 11.4. The number of benzene rings is 1. The topological polar surface area (TPSA) is 107 Å². The van der Waals surface area contributed by atoms with Gasteiger partial charge in [0.15, 0.2) is 11.4 Å². The van der Waals surface area contributed by atoms with Gasteiger partial charge in [-0.15, -0.1) is 5.10 Å². The van der Waals surface area contributed by atoms with Crippen LogP contribution in [0.1, 0.15) is 18.1 Å². The molecule has 9 nitrogen and oxygen atoms in total. The Kier molecular flexibility index (Phi) is 3.76. The van der Waals surface area contributed by atoms with E-state index < -0.39 is 11.7 Å². The number of nitrogens with zero attached hydrogens (tertiary/aromatic N) is 5. The number of hydrogen-bond acceptors (Lipinski definition) is 7. The predicted molar refractivity (Wildman–Crippen MR) is 93.2 cm³/mol. The number of cyclic esters (lactones) is 1. The second kappa shape index (κ2) is 6.10. The van der Waals surface area contributed by atoms with Gasteiger partial charge in [0, 0.05) is 18.1 Å². The SMILES string of the molecule is Cc1cc(Nc2ncn(-c3cnccn3)n2)cc([C@@]2(C)CNC(=O)O2)c1. The molecular weight excluding hydrogens is 334 g/mol. The smallest absolute Gasteiger partial charge is 0.408 e. The molecule has 26 heavy (non-hydrogen) atoms. The molecule has 132 valence electrons. The summed E-state index contributed by atoms with van der Waals surface area (Å²) in [6.45, 7) is 4.28. The molecule has 0 aliphatic carbocycles. The standard InChI is InChI=1S/C17H17N7O2/c1-11-5-12(17(2)9-20-16(25)26-17)7-13(6-11)22-15-21-10-24(23-15)14-8-18-3-4-19-14/h3-8,10H,9H2,1-2H3,(H,20,25)(H,22,23)/t17-/m1/s1. The van der Waals surface area contributed by atoms with Gasteiger partial charge in [0.05, 0.1) is 12.7 Å². The first kappa shape index (κ1) is 16.0. The number of amides is 1. The highest BCUT2D eigenvalue weighted by molar-refractivity contribution is 5.71. The van der Waals surface area contributed by atoms with E-state index in [1.165, 1.54) is 4.68 Å². The second-order valence-electron chi connectivity index (χ2n) is 6.26. The number of aryl methyl sites for hydroxylation is 1. The molecule has 0 saturated carbocycles. The van der Waals surface area contributed by atoms with E-state index in [2.05, 4.69) is 30.7 Å². The summed E-state index contributed by atoms with van der Waals surface area (Å²) in [4.78, 5) is 23.9. The molecule has 1 atom stereocenters. The van der Waals surface area contributed by atoms with Crippen LogP contribution in [0.15, 0.2) is 43.1 Å². The Morgan fingerprint density at radius 3 is 2.88 bits per heavy atom. The zero-order valence-electron chi connectivity index (χ0n) is 14.3. The molecule has 9 heteroatoms. The predicted octanol–water partition coefficient (Wildman–Crippen LogP) is 2.06. The van der Waals surface area contributed by atoms with Crippen molar-refractivity contribution < 1.29 is 9.53 Å². The van der Waals surface area contributed by atoms with Crippen LogP contribution < -0.4 is 10.6 Å². The fraction of sp³-hybridized carbons (Fsp3) is 0.235. The number of ether oxygens (including phenoxy) is 1.